The topological polar surface area (TPSA) is 172 Å². The van der Waals surface area contributed by atoms with Gasteiger partial charge in [-0.3, -0.25) is 14.4 Å². The molecule has 312 valence electrons. The molecular formula is C42H58ClN5O8S. The maximum absolute atomic E-state index is 13.3. The Morgan fingerprint density at radius 2 is 1.60 bits per heavy atom. The molecule has 3 aromatic rings. The molecule has 0 aliphatic carbocycles. The van der Waals surface area contributed by atoms with E-state index in [-0.39, 0.29) is 64.4 Å². The van der Waals surface area contributed by atoms with E-state index in [1.807, 2.05) is 0 Å². The second-order valence-corrected chi connectivity index (χ2v) is 15.7. The summed E-state index contributed by atoms with van der Waals surface area (Å²) in [7, 11) is 1.29. The van der Waals surface area contributed by atoms with Gasteiger partial charge in [-0.25, -0.2) is 9.78 Å². The highest BCUT2D eigenvalue weighted by molar-refractivity contribution is 8.13. The van der Waals surface area contributed by atoms with Crippen molar-refractivity contribution in [2.45, 2.75) is 141 Å². The van der Waals surface area contributed by atoms with Crippen molar-refractivity contribution in [2.75, 3.05) is 24.8 Å². The summed E-state index contributed by atoms with van der Waals surface area (Å²) >= 11 is 7.32. The van der Waals surface area contributed by atoms with E-state index in [0.29, 0.717) is 24.2 Å². The van der Waals surface area contributed by atoms with Crippen LogP contribution in [0.4, 0.5) is 5.82 Å². The van der Waals surface area contributed by atoms with Crippen molar-refractivity contribution in [3.63, 3.8) is 0 Å². The number of aliphatic hydroxyl groups is 1. The Kier molecular flexibility index (Phi) is 21.7. The summed E-state index contributed by atoms with van der Waals surface area (Å²) in [6, 6.07) is 6.63. The summed E-state index contributed by atoms with van der Waals surface area (Å²) < 4.78 is 18.1. The molecule has 1 aromatic carbocycles. The first-order chi connectivity index (χ1) is 27.5. The predicted molar refractivity (Wildman–Crippen MR) is 223 cm³/mol. The zero-order valence-corrected chi connectivity index (χ0v) is 35.1. The normalized spacial score (nSPS) is 12.8. The van der Waals surface area contributed by atoms with Gasteiger partial charge in [-0.05, 0) is 30.5 Å². The third-order valence-electron chi connectivity index (χ3n) is 9.59. The number of thioether (sulfide) groups is 1. The minimum absolute atomic E-state index is 0.0250. The zero-order valence-electron chi connectivity index (χ0n) is 33.6. The number of carbonyl (C=O) groups is 4. The van der Waals surface area contributed by atoms with Crippen LogP contribution in [0.2, 0.25) is 5.28 Å². The third-order valence-corrected chi connectivity index (χ3v) is 10.7. The second kappa shape index (κ2) is 26.1. The van der Waals surface area contributed by atoms with Crippen LogP contribution in [-0.4, -0.2) is 78.8 Å². The van der Waals surface area contributed by atoms with Crippen LogP contribution in [0.1, 0.15) is 133 Å². The third kappa shape index (κ3) is 16.4. The van der Waals surface area contributed by atoms with Crippen LogP contribution in [0, 0.1) is 12.3 Å². The van der Waals surface area contributed by atoms with E-state index in [1.54, 1.807) is 24.3 Å². The molecule has 2 aromatic heterocycles. The molecule has 0 fully saturated rings. The van der Waals surface area contributed by atoms with Crippen molar-refractivity contribution in [1.82, 2.24) is 19.5 Å². The largest absolute Gasteiger partial charge is 0.461 e. The summed E-state index contributed by atoms with van der Waals surface area (Å²) in [5.41, 5.74) is -0.720. The Labute approximate surface area is 345 Å². The van der Waals surface area contributed by atoms with Crippen LogP contribution >= 0.6 is 23.4 Å². The average molecular weight is 828 g/mol. The number of hydrogen-bond acceptors (Lipinski definition) is 12. The van der Waals surface area contributed by atoms with E-state index >= 15 is 0 Å². The molecule has 3 rings (SSSR count). The monoisotopic (exact) mass is 827 g/mol. The number of esters is 2. The molecule has 0 radical (unpaired) electrons. The van der Waals surface area contributed by atoms with Crippen LogP contribution in [0.15, 0.2) is 30.6 Å². The minimum atomic E-state index is -1.78. The number of methoxy groups -OCH3 is 1. The van der Waals surface area contributed by atoms with Gasteiger partial charge >= 0.3 is 11.9 Å². The minimum Gasteiger partial charge on any atom is -0.461 e. The molecule has 2 atom stereocenters. The number of carbonyl (C=O) groups excluding carboxylic acids is 4. The fourth-order valence-electron chi connectivity index (χ4n) is 6.22. The van der Waals surface area contributed by atoms with Gasteiger partial charge in [0.15, 0.2) is 27.7 Å². The Balaban J connectivity index is 1.49. The Bertz CT molecular complexity index is 1780. The lowest BCUT2D eigenvalue weighted by molar-refractivity contribution is -0.145. The number of anilines is 1. The van der Waals surface area contributed by atoms with Gasteiger partial charge in [-0.2, -0.15) is 9.97 Å². The Hall–Kier alpha value is -4.03. The van der Waals surface area contributed by atoms with Crippen molar-refractivity contribution >= 4 is 63.3 Å². The fraction of sp³-hybridized carbons (Fsp3) is 0.595. The molecule has 15 heteroatoms. The highest BCUT2D eigenvalue weighted by Gasteiger charge is 2.39. The van der Waals surface area contributed by atoms with E-state index < -0.39 is 24.3 Å². The van der Waals surface area contributed by atoms with Crippen LogP contribution in [-0.2, 0) is 41.7 Å². The molecular weight excluding hydrogens is 770 g/mol. The molecule has 2 heterocycles. The van der Waals surface area contributed by atoms with Crippen molar-refractivity contribution in [3.8, 4) is 12.3 Å². The lowest BCUT2D eigenvalue weighted by Gasteiger charge is -2.31. The van der Waals surface area contributed by atoms with Gasteiger partial charge in [0.05, 0.1) is 18.4 Å². The first kappa shape index (κ1) is 47.3. The summed E-state index contributed by atoms with van der Waals surface area (Å²) in [6.07, 6.45) is 22.5. The number of unbranched alkanes of at least 4 members (excludes halogenated alkanes) is 12. The summed E-state index contributed by atoms with van der Waals surface area (Å²) in [6.45, 7) is 2.88. The number of benzene rings is 1. The zero-order chi connectivity index (χ0) is 41.5. The lowest BCUT2D eigenvalue weighted by atomic mass is 9.98. The summed E-state index contributed by atoms with van der Waals surface area (Å²) in [5.74, 6) is 1.59. The molecule has 0 saturated carbocycles. The number of amides is 1. The van der Waals surface area contributed by atoms with Crippen molar-refractivity contribution in [3.05, 3.63) is 47.0 Å². The van der Waals surface area contributed by atoms with Crippen LogP contribution in [0.25, 0.3) is 11.2 Å². The van der Waals surface area contributed by atoms with Crippen LogP contribution in [0.5, 0.6) is 0 Å². The Morgan fingerprint density at radius 1 is 0.947 bits per heavy atom. The van der Waals surface area contributed by atoms with E-state index in [4.69, 9.17) is 32.2 Å². The number of hydrogen-bond donors (Lipinski definition) is 2. The fourth-order valence-corrected chi connectivity index (χ4v) is 6.96. The number of ether oxygens (including phenoxy) is 3. The van der Waals surface area contributed by atoms with Gasteiger partial charge in [0.1, 0.15) is 19.3 Å². The predicted octanol–water partition coefficient (Wildman–Crippen LogP) is 8.24. The van der Waals surface area contributed by atoms with E-state index in [2.05, 4.69) is 33.1 Å². The molecule has 0 aliphatic heterocycles. The van der Waals surface area contributed by atoms with E-state index in [9.17, 15) is 24.3 Å². The maximum atomic E-state index is 13.3. The van der Waals surface area contributed by atoms with Crippen molar-refractivity contribution in [1.29, 1.82) is 0 Å². The molecule has 0 aliphatic rings. The summed E-state index contributed by atoms with van der Waals surface area (Å²) in [4.78, 5) is 62.2. The van der Waals surface area contributed by atoms with Crippen LogP contribution in [0.3, 0.4) is 0 Å². The number of halogens is 1. The molecule has 1 amide bonds. The highest BCUT2D eigenvalue weighted by atomic mass is 35.5. The van der Waals surface area contributed by atoms with Crippen molar-refractivity contribution < 1.29 is 38.5 Å². The van der Waals surface area contributed by atoms with Gasteiger partial charge in [-0.1, -0.05) is 120 Å². The first-order valence-electron chi connectivity index (χ1n) is 20.0. The van der Waals surface area contributed by atoms with E-state index in [1.165, 1.54) is 89.1 Å². The van der Waals surface area contributed by atoms with Crippen molar-refractivity contribution in [2.24, 2.45) is 0 Å². The molecule has 0 bridgehead atoms. The molecule has 13 nitrogen and oxygen atoms in total. The number of terminal acetylenes is 1. The molecule has 0 spiro atoms. The van der Waals surface area contributed by atoms with Gasteiger partial charge in [0.2, 0.25) is 11.2 Å². The first-order valence-corrected chi connectivity index (χ1v) is 21.3. The molecule has 2 N–H and O–H groups in total. The number of rotatable bonds is 28. The number of nitrogens with one attached hydrogen (secondary N) is 1. The quantitative estimate of drug-likeness (QED) is 0.0311. The van der Waals surface area contributed by atoms with Gasteiger partial charge < -0.3 is 29.2 Å². The number of nitrogens with zero attached hydrogens (tertiary/aromatic N) is 4. The number of fused-ring (bicyclic) bond motifs is 1. The van der Waals surface area contributed by atoms with Gasteiger partial charge in [0, 0.05) is 38.2 Å². The number of aromatic nitrogens is 4. The Morgan fingerprint density at radius 3 is 2.23 bits per heavy atom. The lowest BCUT2D eigenvalue weighted by Crippen LogP contribution is -2.49. The smallest absolute Gasteiger partial charge is 0.338 e. The highest BCUT2D eigenvalue weighted by Crippen LogP contribution is 2.25. The molecule has 1 unspecified atom stereocenters. The molecule has 0 saturated heterocycles. The summed E-state index contributed by atoms with van der Waals surface area (Å²) in [5, 5.41) is 13.9. The number of aliphatic hydroxyl groups excluding tert-OH is 1. The average Bonchev–Trinajstić information content (AvgIpc) is 3.60. The van der Waals surface area contributed by atoms with Gasteiger partial charge in [-0.15, -0.1) is 6.42 Å². The number of imidazole rings is 1. The maximum Gasteiger partial charge on any atom is 0.338 e. The van der Waals surface area contributed by atoms with Gasteiger partial charge in [0.25, 0.3) is 0 Å². The SMILES string of the molecule is C#CC(COC(=O)c1ccccc1COC(=O)CCCCCCCCCCCCCCC)(OC)[C@@H](O)Cn1cnc2c(NC(=O)CCCSC(C)=O)nc(Cl)nc21. The van der Waals surface area contributed by atoms with Crippen LogP contribution < -0.4 is 5.32 Å². The molecule has 57 heavy (non-hydrogen) atoms. The second-order valence-electron chi connectivity index (χ2n) is 14.0. The standard InChI is InChI=1S/C42H58ClN5O8S/c1-5-7-8-9-10-11-12-13-14-15-16-17-18-25-36(52)55-28-32-22-19-20-23-33(32)40(53)56-29-42(6-2,54-4)34(50)27-48-30-44-37-38(46-41(43)47-39(37)48)45-35(51)24-21-26-57-31(3)49/h2,19-20,22-23,30,34,50H,5,7-18,21,24-29H2,1,3-4H3,(H,45,46,47,51)/t34-,42?/m0/s1. The van der Waals surface area contributed by atoms with E-state index in [0.717, 1.165) is 31.0 Å².